The van der Waals surface area contributed by atoms with Gasteiger partial charge in [-0.1, -0.05) is 13.8 Å². The molecular weight excluding hydrogens is 172 g/mol. The van der Waals surface area contributed by atoms with Gasteiger partial charge in [0.2, 0.25) is 0 Å². The van der Waals surface area contributed by atoms with Crippen LogP contribution < -0.4 is 0 Å². The average molecular weight is 183 g/mol. The minimum atomic E-state index is -0.801. The number of hydrogen-bond acceptors (Lipinski definition) is 1. The first-order chi connectivity index (χ1) is 6.15. The summed E-state index contributed by atoms with van der Waals surface area (Å²) in [6.07, 6.45) is 0. The zero-order valence-electron chi connectivity index (χ0n) is 7.86. The van der Waals surface area contributed by atoms with Crippen molar-refractivity contribution in [2.75, 3.05) is 0 Å². The summed E-state index contributed by atoms with van der Waals surface area (Å²) in [4.78, 5) is 0. The predicted octanol–water partition coefficient (Wildman–Crippen LogP) is 3.17. The second kappa shape index (κ2) is 5.26. The van der Waals surface area contributed by atoms with E-state index < -0.39 is 17.2 Å². The molecular formula is C10H11F2N. The molecule has 0 aliphatic rings. The zero-order valence-corrected chi connectivity index (χ0v) is 7.86. The van der Waals surface area contributed by atoms with E-state index >= 15 is 0 Å². The van der Waals surface area contributed by atoms with Crippen LogP contribution in [0.25, 0.3) is 0 Å². The van der Waals surface area contributed by atoms with Crippen molar-refractivity contribution >= 4 is 0 Å². The summed E-state index contributed by atoms with van der Waals surface area (Å²) in [5.74, 6) is -1.60. The molecule has 0 saturated carbocycles. The molecule has 0 radical (unpaired) electrons. The van der Waals surface area contributed by atoms with E-state index in [2.05, 4.69) is 0 Å². The Labute approximate surface area is 76.6 Å². The van der Waals surface area contributed by atoms with E-state index in [0.717, 1.165) is 12.1 Å². The van der Waals surface area contributed by atoms with Gasteiger partial charge in [-0.05, 0) is 24.6 Å². The lowest BCUT2D eigenvalue weighted by atomic mass is 10.1. The van der Waals surface area contributed by atoms with Gasteiger partial charge in [0.05, 0.1) is 0 Å². The summed E-state index contributed by atoms with van der Waals surface area (Å²) in [7, 11) is 0. The highest BCUT2D eigenvalue weighted by Gasteiger charge is 2.07. The molecule has 1 aromatic carbocycles. The Balaban J connectivity index is 0.000000671. The van der Waals surface area contributed by atoms with Crippen LogP contribution in [-0.2, 0) is 0 Å². The van der Waals surface area contributed by atoms with Crippen LogP contribution in [0.1, 0.15) is 25.0 Å². The van der Waals surface area contributed by atoms with E-state index in [4.69, 9.17) is 5.26 Å². The third-order valence-corrected chi connectivity index (χ3v) is 1.30. The smallest absolute Gasteiger partial charge is 0.144 e. The third kappa shape index (κ3) is 2.83. The van der Waals surface area contributed by atoms with E-state index in [1.807, 2.05) is 13.8 Å². The molecule has 0 N–H and O–H groups in total. The van der Waals surface area contributed by atoms with Crippen molar-refractivity contribution in [3.63, 3.8) is 0 Å². The van der Waals surface area contributed by atoms with Crippen LogP contribution in [0.4, 0.5) is 8.78 Å². The van der Waals surface area contributed by atoms with Crippen LogP contribution in [-0.4, -0.2) is 0 Å². The average Bonchev–Trinajstić information content (AvgIpc) is 2.07. The van der Waals surface area contributed by atoms with Gasteiger partial charge in [-0.15, -0.1) is 0 Å². The molecule has 3 heteroatoms. The fraction of sp³-hybridized carbons (Fsp3) is 0.300. The van der Waals surface area contributed by atoms with Crippen molar-refractivity contribution in [2.45, 2.75) is 20.8 Å². The maximum absolute atomic E-state index is 12.6. The van der Waals surface area contributed by atoms with Gasteiger partial charge in [-0.3, -0.25) is 0 Å². The number of hydrogen-bond donors (Lipinski definition) is 0. The second-order valence-corrected chi connectivity index (χ2v) is 2.22. The van der Waals surface area contributed by atoms with Gasteiger partial charge in [0.1, 0.15) is 23.3 Å². The van der Waals surface area contributed by atoms with E-state index in [9.17, 15) is 8.78 Å². The van der Waals surface area contributed by atoms with Crippen LogP contribution in [0.2, 0.25) is 0 Å². The first-order valence-electron chi connectivity index (χ1n) is 4.01. The lowest BCUT2D eigenvalue weighted by Crippen LogP contribution is -1.90. The van der Waals surface area contributed by atoms with Gasteiger partial charge in [0, 0.05) is 0 Å². The van der Waals surface area contributed by atoms with Gasteiger partial charge >= 0.3 is 0 Å². The lowest BCUT2D eigenvalue weighted by molar-refractivity contribution is 0.575. The summed E-state index contributed by atoms with van der Waals surface area (Å²) in [6, 6.07) is 3.69. The maximum Gasteiger partial charge on any atom is 0.144 e. The SMILES string of the molecule is CC.Cc1cc(F)c(C#N)c(F)c1. The summed E-state index contributed by atoms with van der Waals surface area (Å²) >= 11 is 0. The van der Waals surface area contributed by atoms with Gasteiger partial charge in [-0.2, -0.15) is 5.26 Å². The summed E-state index contributed by atoms with van der Waals surface area (Å²) < 4.78 is 25.3. The zero-order chi connectivity index (χ0) is 10.4. The highest BCUT2D eigenvalue weighted by Crippen LogP contribution is 2.13. The minimum absolute atomic E-state index is 0.471. The highest BCUT2D eigenvalue weighted by molar-refractivity contribution is 5.34. The number of halogens is 2. The third-order valence-electron chi connectivity index (χ3n) is 1.30. The van der Waals surface area contributed by atoms with Gasteiger partial charge in [-0.25, -0.2) is 8.78 Å². The Morgan fingerprint density at radius 2 is 1.54 bits per heavy atom. The molecule has 1 aromatic rings. The molecule has 1 nitrogen and oxygen atoms in total. The Morgan fingerprint density at radius 1 is 1.15 bits per heavy atom. The van der Waals surface area contributed by atoms with Gasteiger partial charge in [0.25, 0.3) is 0 Å². The molecule has 0 aromatic heterocycles. The molecule has 0 amide bonds. The lowest BCUT2D eigenvalue weighted by Gasteiger charge is -1.96. The normalized spacial score (nSPS) is 8.31. The standard InChI is InChI=1S/C8H5F2N.C2H6/c1-5-2-7(9)6(4-11)8(10)3-5;1-2/h2-3H,1H3;1-2H3. The van der Waals surface area contributed by atoms with Crippen molar-refractivity contribution < 1.29 is 8.78 Å². The van der Waals surface area contributed by atoms with Crippen LogP contribution >= 0.6 is 0 Å². The number of rotatable bonds is 0. The number of nitriles is 1. The Hall–Kier alpha value is -1.43. The Morgan fingerprint density at radius 3 is 1.85 bits per heavy atom. The fourth-order valence-electron chi connectivity index (χ4n) is 0.807. The first kappa shape index (κ1) is 11.6. The molecule has 0 heterocycles. The molecule has 13 heavy (non-hydrogen) atoms. The monoisotopic (exact) mass is 183 g/mol. The second-order valence-electron chi connectivity index (χ2n) is 2.22. The quantitative estimate of drug-likeness (QED) is 0.606. The summed E-state index contributed by atoms with van der Waals surface area (Å²) in [5, 5.41) is 8.26. The first-order valence-corrected chi connectivity index (χ1v) is 4.01. The van der Waals surface area contributed by atoms with Crippen molar-refractivity contribution in [3.8, 4) is 6.07 Å². The molecule has 0 bridgehead atoms. The predicted molar refractivity (Wildman–Crippen MR) is 47.2 cm³/mol. The molecule has 0 atom stereocenters. The van der Waals surface area contributed by atoms with Crippen LogP contribution in [0.15, 0.2) is 12.1 Å². The number of benzene rings is 1. The molecule has 0 unspecified atom stereocenters. The molecule has 1 rings (SSSR count). The maximum atomic E-state index is 12.6. The topological polar surface area (TPSA) is 23.8 Å². The van der Waals surface area contributed by atoms with Crippen LogP contribution in [0, 0.1) is 29.9 Å². The Kier molecular flexibility index (Phi) is 4.68. The van der Waals surface area contributed by atoms with E-state index in [0.29, 0.717) is 5.56 Å². The van der Waals surface area contributed by atoms with Crippen molar-refractivity contribution in [3.05, 3.63) is 34.9 Å². The number of nitrogens with zero attached hydrogens (tertiary/aromatic N) is 1. The van der Waals surface area contributed by atoms with Gasteiger partial charge < -0.3 is 0 Å². The van der Waals surface area contributed by atoms with Crippen molar-refractivity contribution in [2.24, 2.45) is 0 Å². The van der Waals surface area contributed by atoms with E-state index in [-0.39, 0.29) is 0 Å². The molecule has 0 fully saturated rings. The van der Waals surface area contributed by atoms with Crippen molar-refractivity contribution in [1.82, 2.24) is 0 Å². The molecule has 70 valence electrons. The molecule has 0 aliphatic heterocycles. The van der Waals surface area contributed by atoms with E-state index in [1.165, 1.54) is 6.07 Å². The number of aryl methyl sites for hydroxylation is 1. The van der Waals surface area contributed by atoms with E-state index in [1.54, 1.807) is 6.92 Å². The van der Waals surface area contributed by atoms with Crippen LogP contribution in [0.3, 0.4) is 0 Å². The summed E-state index contributed by atoms with van der Waals surface area (Å²) in [5.41, 5.74) is -0.0467. The molecule has 0 spiro atoms. The molecule has 0 saturated heterocycles. The largest absolute Gasteiger partial charge is 0.205 e. The fourth-order valence-corrected chi connectivity index (χ4v) is 0.807. The van der Waals surface area contributed by atoms with Crippen LogP contribution in [0.5, 0.6) is 0 Å². The van der Waals surface area contributed by atoms with Crippen molar-refractivity contribution in [1.29, 1.82) is 5.26 Å². The summed E-state index contributed by atoms with van der Waals surface area (Å²) in [6.45, 7) is 5.56. The highest BCUT2D eigenvalue weighted by atomic mass is 19.1. The molecule has 0 aliphatic carbocycles. The Bertz CT molecular complexity index is 303. The minimum Gasteiger partial charge on any atom is -0.205 e. The van der Waals surface area contributed by atoms with Gasteiger partial charge in [0.15, 0.2) is 0 Å².